The fraction of sp³-hybridized carbons (Fsp3) is 0.120. The van der Waals surface area contributed by atoms with Crippen LogP contribution in [-0.4, -0.2) is 25.4 Å². The van der Waals surface area contributed by atoms with Gasteiger partial charge in [-0.15, -0.1) is 0 Å². The zero-order valence-electron chi connectivity index (χ0n) is 17.8. The van der Waals surface area contributed by atoms with Crippen molar-refractivity contribution in [3.8, 4) is 0 Å². The third-order valence-electron chi connectivity index (χ3n) is 5.50. The number of aryl methyl sites for hydroxylation is 1. The van der Waals surface area contributed by atoms with Crippen LogP contribution in [0.5, 0.6) is 0 Å². The van der Waals surface area contributed by atoms with Crippen molar-refractivity contribution in [3.05, 3.63) is 100 Å². The lowest BCUT2D eigenvalue weighted by Crippen LogP contribution is -2.28. The minimum Gasteiger partial charge on any atom is -0.342 e. The lowest BCUT2D eigenvalue weighted by molar-refractivity contribution is -0.116. The second-order valence-electron chi connectivity index (χ2n) is 7.88. The number of halogens is 1. The van der Waals surface area contributed by atoms with Crippen LogP contribution >= 0.6 is 0 Å². The molecule has 1 amide bonds. The highest BCUT2D eigenvalue weighted by molar-refractivity contribution is 5.93. The molecule has 2 N–H and O–H groups in total. The summed E-state index contributed by atoms with van der Waals surface area (Å²) in [5.74, 6) is -0.00139. The number of nitrogens with one attached hydrogen (secondary N) is 2. The SMILES string of the molecule is Cc1cccc2c(=O)n(CC(=O)Nc3ccc4nc(Cc5ccccc5F)[nH]c4c3)cnc12. The van der Waals surface area contributed by atoms with Crippen molar-refractivity contribution in [2.24, 2.45) is 0 Å². The number of para-hydroxylation sites is 1. The van der Waals surface area contributed by atoms with E-state index in [0.717, 1.165) is 11.1 Å². The molecule has 7 nitrogen and oxygen atoms in total. The summed E-state index contributed by atoms with van der Waals surface area (Å²) in [6.07, 6.45) is 1.73. The van der Waals surface area contributed by atoms with Gasteiger partial charge in [0, 0.05) is 12.1 Å². The molecule has 0 aliphatic carbocycles. The van der Waals surface area contributed by atoms with Crippen molar-refractivity contribution in [2.45, 2.75) is 19.9 Å². The van der Waals surface area contributed by atoms with Crippen molar-refractivity contribution in [2.75, 3.05) is 5.32 Å². The molecular formula is C25H20FN5O2. The lowest BCUT2D eigenvalue weighted by Gasteiger charge is -2.09. The van der Waals surface area contributed by atoms with E-state index in [4.69, 9.17) is 0 Å². The molecule has 0 unspecified atom stereocenters. The summed E-state index contributed by atoms with van der Waals surface area (Å²) in [7, 11) is 0. The van der Waals surface area contributed by atoms with E-state index in [0.29, 0.717) is 39.9 Å². The van der Waals surface area contributed by atoms with Crippen molar-refractivity contribution < 1.29 is 9.18 Å². The Morgan fingerprint density at radius 3 is 2.82 bits per heavy atom. The molecule has 33 heavy (non-hydrogen) atoms. The molecule has 0 bridgehead atoms. The average Bonchev–Trinajstić information content (AvgIpc) is 3.19. The number of anilines is 1. The number of hydrogen-bond donors (Lipinski definition) is 2. The van der Waals surface area contributed by atoms with Crippen LogP contribution in [0.1, 0.15) is 17.0 Å². The smallest absolute Gasteiger partial charge is 0.261 e. The molecule has 164 valence electrons. The fourth-order valence-electron chi connectivity index (χ4n) is 3.85. The molecule has 0 atom stereocenters. The Kier molecular flexibility index (Phi) is 5.18. The van der Waals surface area contributed by atoms with Crippen molar-refractivity contribution in [1.82, 2.24) is 19.5 Å². The summed E-state index contributed by atoms with van der Waals surface area (Å²) in [5.41, 5.74) is 3.82. The molecule has 0 saturated carbocycles. The van der Waals surface area contributed by atoms with Crippen molar-refractivity contribution in [1.29, 1.82) is 0 Å². The molecule has 0 spiro atoms. The maximum absolute atomic E-state index is 13.9. The number of fused-ring (bicyclic) bond motifs is 2. The normalized spacial score (nSPS) is 11.2. The summed E-state index contributed by atoms with van der Waals surface area (Å²) in [6.45, 7) is 1.73. The first-order valence-corrected chi connectivity index (χ1v) is 10.4. The minimum atomic E-state index is -0.351. The first kappa shape index (κ1) is 20.6. The van der Waals surface area contributed by atoms with E-state index in [1.807, 2.05) is 13.0 Å². The Morgan fingerprint density at radius 1 is 1.12 bits per heavy atom. The van der Waals surface area contributed by atoms with Gasteiger partial charge in [-0.1, -0.05) is 30.3 Å². The number of carbonyl (C=O) groups excluding carboxylic acids is 1. The molecule has 2 aromatic heterocycles. The summed E-state index contributed by atoms with van der Waals surface area (Å²) in [4.78, 5) is 37.3. The second-order valence-corrected chi connectivity index (χ2v) is 7.88. The summed E-state index contributed by atoms with van der Waals surface area (Å²) in [6, 6.07) is 17.2. The molecule has 0 aliphatic rings. The molecule has 0 radical (unpaired) electrons. The zero-order chi connectivity index (χ0) is 22.9. The second kappa shape index (κ2) is 8.31. The molecule has 3 aromatic carbocycles. The molecule has 2 heterocycles. The van der Waals surface area contributed by atoms with E-state index in [-0.39, 0.29) is 23.8 Å². The number of rotatable bonds is 5. The van der Waals surface area contributed by atoms with Gasteiger partial charge < -0.3 is 10.3 Å². The average molecular weight is 441 g/mol. The van der Waals surface area contributed by atoms with E-state index >= 15 is 0 Å². The highest BCUT2D eigenvalue weighted by atomic mass is 19.1. The predicted molar refractivity (Wildman–Crippen MR) is 125 cm³/mol. The van der Waals surface area contributed by atoms with Crippen LogP contribution in [0.15, 0.2) is 71.8 Å². The third-order valence-corrected chi connectivity index (χ3v) is 5.50. The van der Waals surface area contributed by atoms with Crippen LogP contribution in [0.25, 0.3) is 21.9 Å². The molecule has 8 heteroatoms. The first-order valence-electron chi connectivity index (χ1n) is 10.4. The summed E-state index contributed by atoms with van der Waals surface area (Å²) >= 11 is 0. The number of hydrogen-bond acceptors (Lipinski definition) is 4. The molecule has 5 rings (SSSR count). The predicted octanol–water partition coefficient (Wildman–Crippen LogP) is 3.95. The number of H-pyrrole nitrogens is 1. The maximum Gasteiger partial charge on any atom is 0.261 e. The van der Waals surface area contributed by atoms with E-state index in [1.54, 1.807) is 48.5 Å². The van der Waals surface area contributed by atoms with Gasteiger partial charge in [-0.3, -0.25) is 14.2 Å². The van der Waals surface area contributed by atoms with Crippen LogP contribution in [0.2, 0.25) is 0 Å². The van der Waals surface area contributed by atoms with Gasteiger partial charge in [-0.2, -0.15) is 0 Å². The zero-order valence-corrected chi connectivity index (χ0v) is 17.8. The van der Waals surface area contributed by atoms with Gasteiger partial charge in [-0.25, -0.2) is 14.4 Å². The highest BCUT2D eigenvalue weighted by Gasteiger charge is 2.11. The Balaban J connectivity index is 1.33. The molecule has 0 fully saturated rings. The van der Waals surface area contributed by atoms with Crippen LogP contribution in [0.4, 0.5) is 10.1 Å². The van der Waals surface area contributed by atoms with Crippen LogP contribution in [0.3, 0.4) is 0 Å². The van der Waals surface area contributed by atoms with E-state index in [9.17, 15) is 14.0 Å². The van der Waals surface area contributed by atoms with Crippen LogP contribution < -0.4 is 10.9 Å². The van der Waals surface area contributed by atoms with Crippen molar-refractivity contribution >= 4 is 33.5 Å². The van der Waals surface area contributed by atoms with E-state index in [2.05, 4.69) is 20.3 Å². The van der Waals surface area contributed by atoms with Gasteiger partial charge in [0.1, 0.15) is 18.2 Å². The molecule has 0 saturated heterocycles. The van der Waals surface area contributed by atoms with E-state index in [1.165, 1.54) is 17.0 Å². The minimum absolute atomic E-state index is 0.157. The Morgan fingerprint density at radius 2 is 1.97 bits per heavy atom. The standard InChI is InChI=1S/C25H20FN5O2/c1-15-5-4-7-18-24(15)27-14-31(25(18)33)13-23(32)28-17-9-10-20-21(12-17)30-22(29-20)11-16-6-2-3-8-19(16)26/h2-10,12,14H,11,13H2,1H3,(H,28,32)(H,29,30). The Hall–Kier alpha value is -4.33. The fourth-order valence-corrected chi connectivity index (χ4v) is 3.85. The Labute approximate surface area is 187 Å². The maximum atomic E-state index is 13.9. The summed E-state index contributed by atoms with van der Waals surface area (Å²) < 4.78 is 15.2. The van der Waals surface area contributed by atoms with Gasteiger partial charge in [0.2, 0.25) is 5.91 Å². The number of aromatic nitrogens is 4. The third kappa shape index (κ3) is 4.10. The Bertz CT molecular complexity index is 1570. The van der Waals surface area contributed by atoms with Crippen LogP contribution in [0, 0.1) is 12.7 Å². The number of benzene rings is 3. The van der Waals surface area contributed by atoms with Gasteiger partial charge in [0.25, 0.3) is 5.56 Å². The quantitative estimate of drug-likeness (QED) is 0.432. The number of nitrogens with zero attached hydrogens (tertiary/aromatic N) is 3. The number of amides is 1. The van der Waals surface area contributed by atoms with Gasteiger partial charge in [-0.05, 0) is 48.4 Å². The molecule has 0 aliphatic heterocycles. The first-order chi connectivity index (χ1) is 16.0. The molecule has 5 aromatic rings. The number of aromatic amines is 1. The molecular weight excluding hydrogens is 421 g/mol. The monoisotopic (exact) mass is 441 g/mol. The number of carbonyl (C=O) groups is 1. The van der Waals surface area contributed by atoms with E-state index < -0.39 is 0 Å². The van der Waals surface area contributed by atoms with Gasteiger partial charge >= 0.3 is 0 Å². The highest BCUT2D eigenvalue weighted by Crippen LogP contribution is 2.20. The topological polar surface area (TPSA) is 92.7 Å². The van der Waals surface area contributed by atoms with Gasteiger partial charge in [0.05, 0.1) is 28.3 Å². The largest absolute Gasteiger partial charge is 0.342 e. The lowest BCUT2D eigenvalue weighted by atomic mass is 10.1. The number of imidazole rings is 1. The van der Waals surface area contributed by atoms with Crippen LogP contribution in [-0.2, 0) is 17.8 Å². The van der Waals surface area contributed by atoms with Crippen molar-refractivity contribution in [3.63, 3.8) is 0 Å². The van der Waals surface area contributed by atoms with Gasteiger partial charge in [0.15, 0.2) is 0 Å². The summed E-state index contributed by atoms with van der Waals surface area (Å²) in [5, 5.41) is 3.28.